The fraction of sp³-hybridized carbons (Fsp3) is 0.750. The van der Waals surface area contributed by atoms with Crippen LogP contribution in [0.15, 0.2) is 12.4 Å². The molecule has 0 fully saturated rings. The quantitative estimate of drug-likeness (QED) is 0.781. The van der Waals surface area contributed by atoms with Crippen molar-refractivity contribution in [2.75, 3.05) is 13.2 Å². The average Bonchev–Trinajstić information content (AvgIpc) is 2.77. The van der Waals surface area contributed by atoms with Gasteiger partial charge in [-0.2, -0.15) is 8.78 Å². The maximum atomic E-state index is 12.6. The van der Waals surface area contributed by atoms with E-state index in [1.54, 1.807) is 0 Å². The second-order valence-corrected chi connectivity index (χ2v) is 4.42. The molecule has 1 heterocycles. The minimum absolute atomic E-state index is 0.132. The van der Waals surface area contributed by atoms with Gasteiger partial charge < -0.3 is 10.1 Å². The molecular weight excluding hydrogens is 240 g/mol. The number of ether oxygens (including phenoxy) is 1. The van der Waals surface area contributed by atoms with E-state index in [1.165, 1.54) is 12.4 Å². The summed E-state index contributed by atoms with van der Waals surface area (Å²) in [7, 11) is 0. The molecule has 0 amide bonds. The van der Waals surface area contributed by atoms with Crippen molar-refractivity contribution in [1.82, 2.24) is 14.9 Å². The molecule has 104 valence electrons. The first-order chi connectivity index (χ1) is 8.56. The Balaban J connectivity index is 2.53. The SMILES string of the molecule is CCOCC(NCc1nccn1C(F)F)C(C)C. The lowest BCUT2D eigenvalue weighted by molar-refractivity contribution is 0.0655. The van der Waals surface area contributed by atoms with Crippen LogP contribution in [0, 0.1) is 5.92 Å². The van der Waals surface area contributed by atoms with E-state index in [9.17, 15) is 8.78 Å². The largest absolute Gasteiger partial charge is 0.380 e. The van der Waals surface area contributed by atoms with Crippen LogP contribution in [0.3, 0.4) is 0 Å². The highest BCUT2D eigenvalue weighted by atomic mass is 19.3. The molecular formula is C12H21F2N3O. The van der Waals surface area contributed by atoms with Crippen molar-refractivity contribution in [2.45, 2.75) is 39.9 Å². The zero-order valence-corrected chi connectivity index (χ0v) is 11.1. The summed E-state index contributed by atoms with van der Waals surface area (Å²) in [6.07, 6.45) is 2.67. The van der Waals surface area contributed by atoms with Crippen molar-refractivity contribution >= 4 is 0 Å². The van der Waals surface area contributed by atoms with Gasteiger partial charge in [0.1, 0.15) is 5.82 Å². The van der Waals surface area contributed by atoms with Gasteiger partial charge in [0.2, 0.25) is 0 Å². The first-order valence-electron chi connectivity index (χ1n) is 6.17. The molecule has 1 rings (SSSR count). The number of nitrogens with zero attached hydrogens (tertiary/aromatic N) is 2. The lowest BCUT2D eigenvalue weighted by Crippen LogP contribution is -2.38. The van der Waals surface area contributed by atoms with Gasteiger partial charge in [-0.3, -0.25) is 4.57 Å². The number of hydrogen-bond acceptors (Lipinski definition) is 3. The van der Waals surface area contributed by atoms with Crippen LogP contribution in [0.4, 0.5) is 8.78 Å². The van der Waals surface area contributed by atoms with Gasteiger partial charge in [-0.15, -0.1) is 0 Å². The zero-order valence-electron chi connectivity index (χ0n) is 11.1. The van der Waals surface area contributed by atoms with Crippen LogP contribution in [-0.4, -0.2) is 28.8 Å². The number of alkyl halides is 2. The van der Waals surface area contributed by atoms with Crippen LogP contribution in [0.5, 0.6) is 0 Å². The fourth-order valence-electron chi connectivity index (χ4n) is 1.61. The van der Waals surface area contributed by atoms with E-state index in [2.05, 4.69) is 24.1 Å². The van der Waals surface area contributed by atoms with Crippen molar-refractivity contribution in [1.29, 1.82) is 0 Å². The molecule has 0 aliphatic rings. The van der Waals surface area contributed by atoms with Crippen LogP contribution in [0.25, 0.3) is 0 Å². The van der Waals surface area contributed by atoms with Crippen molar-refractivity contribution in [2.24, 2.45) is 5.92 Å². The third-order valence-electron chi connectivity index (χ3n) is 2.79. The lowest BCUT2D eigenvalue weighted by atomic mass is 10.1. The summed E-state index contributed by atoms with van der Waals surface area (Å²) in [6.45, 7) is 5.05. The summed E-state index contributed by atoms with van der Waals surface area (Å²) in [6, 6.07) is 0.132. The Morgan fingerprint density at radius 1 is 1.44 bits per heavy atom. The van der Waals surface area contributed by atoms with E-state index >= 15 is 0 Å². The molecule has 4 nitrogen and oxygen atoms in total. The predicted molar refractivity (Wildman–Crippen MR) is 65.4 cm³/mol. The minimum Gasteiger partial charge on any atom is -0.380 e. The Kier molecular flexibility index (Phi) is 6.21. The normalized spacial score (nSPS) is 13.5. The fourth-order valence-corrected chi connectivity index (χ4v) is 1.61. The molecule has 0 aliphatic carbocycles. The van der Waals surface area contributed by atoms with Crippen LogP contribution in [0.2, 0.25) is 0 Å². The van der Waals surface area contributed by atoms with E-state index < -0.39 is 6.55 Å². The molecule has 1 unspecified atom stereocenters. The monoisotopic (exact) mass is 261 g/mol. The number of halogens is 2. The second-order valence-electron chi connectivity index (χ2n) is 4.42. The average molecular weight is 261 g/mol. The first-order valence-corrected chi connectivity index (χ1v) is 6.17. The number of rotatable bonds is 8. The Hall–Kier alpha value is -1.01. The Morgan fingerprint density at radius 3 is 2.72 bits per heavy atom. The Morgan fingerprint density at radius 2 is 2.17 bits per heavy atom. The third-order valence-corrected chi connectivity index (χ3v) is 2.79. The van der Waals surface area contributed by atoms with E-state index in [1.807, 2.05) is 6.92 Å². The molecule has 0 saturated carbocycles. The van der Waals surface area contributed by atoms with Gasteiger partial charge in [-0.25, -0.2) is 4.98 Å². The number of hydrogen-bond donors (Lipinski definition) is 1. The van der Waals surface area contributed by atoms with E-state index in [-0.39, 0.29) is 6.04 Å². The van der Waals surface area contributed by atoms with Gasteiger partial charge in [0, 0.05) is 25.0 Å². The van der Waals surface area contributed by atoms with Gasteiger partial charge in [-0.05, 0) is 12.8 Å². The maximum absolute atomic E-state index is 12.6. The van der Waals surface area contributed by atoms with Crippen molar-refractivity contribution < 1.29 is 13.5 Å². The second kappa shape index (κ2) is 7.43. The first kappa shape index (κ1) is 15.0. The molecule has 1 N–H and O–H groups in total. The third kappa shape index (κ3) is 4.34. The summed E-state index contributed by atoms with van der Waals surface area (Å²) in [4.78, 5) is 3.93. The number of aromatic nitrogens is 2. The van der Waals surface area contributed by atoms with E-state index in [0.717, 1.165) is 4.57 Å². The molecule has 0 saturated heterocycles. The van der Waals surface area contributed by atoms with E-state index in [0.29, 0.717) is 31.5 Å². The molecule has 1 atom stereocenters. The number of nitrogens with one attached hydrogen (secondary N) is 1. The molecule has 1 aromatic rings. The molecule has 0 radical (unpaired) electrons. The highest BCUT2D eigenvalue weighted by Crippen LogP contribution is 2.12. The minimum atomic E-state index is -2.55. The Labute approximate surface area is 106 Å². The van der Waals surface area contributed by atoms with Crippen molar-refractivity contribution in [3.63, 3.8) is 0 Å². The topological polar surface area (TPSA) is 39.1 Å². The van der Waals surface area contributed by atoms with Gasteiger partial charge in [0.05, 0.1) is 13.2 Å². The summed E-state index contributed by atoms with van der Waals surface area (Å²) >= 11 is 0. The van der Waals surface area contributed by atoms with Gasteiger partial charge in [0.15, 0.2) is 0 Å². The summed E-state index contributed by atoms with van der Waals surface area (Å²) in [5.41, 5.74) is 0. The smallest absolute Gasteiger partial charge is 0.319 e. The van der Waals surface area contributed by atoms with Crippen LogP contribution in [0.1, 0.15) is 33.1 Å². The van der Waals surface area contributed by atoms with Crippen molar-refractivity contribution in [3.8, 4) is 0 Å². The van der Waals surface area contributed by atoms with E-state index in [4.69, 9.17) is 4.74 Å². The lowest BCUT2D eigenvalue weighted by Gasteiger charge is -2.22. The molecule has 0 aromatic carbocycles. The molecule has 18 heavy (non-hydrogen) atoms. The summed E-state index contributed by atoms with van der Waals surface area (Å²) < 4.78 is 31.5. The summed E-state index contributed by atoms with van der Waals surface area (Å²) in [5, 5.41) is 3.21. The van der Waals surface area contributed by atoms with Gasteiger partial charge in [0.25, 0.3) is 0 Å². The molecule has 0 aliphatic heterocycles. The molecule has 0 bridgehead atoms. The standard InChI is InChI=1S/C12H21F2N3O/c1-4-18-8-10(9(2)3)16-7-11-15-5-6-17(11)12(13)14/h5-6,9-10,12,16H,4,7-8H2,1-3H3. The highest BCUT2D eigenvalue weighted by molar-refractivity contribution is 4.93. The Bertz CT molecular complexity index is 342. The predicted octanol–water partition coefficient (Wildman–Crippen LogP) is 2.43. The van der Waals surface area contributed by atoms with Gasteiger partial charge in [-0.1, -0.05) is 13.8 Å². The molecule has 0 spiro atoms. The van der Waals surface area contributed by atoms with Gasteiger partial charge >= 0.3 is 6.55 Å². The molecule has 1 aromatic heterocycles. The van der Waals surface area contributed by atoms with Crippen LogP contribution in [-0.2, 0) is 11.3 Å². The van der Waals surface area contributed by atoms with Crippen molar-refractivity contribution in [3.05, 3.63) is 18.2 Å². The molecule has 6 heteroatoms. The van der Waals surface area contributed by atoms with Crippen LogP contribution < -0.4 is 5.32 Å². The summed E-state index contributed by atoms with van der Waals surface area (Å²) in [5.74, 6) is 0.707. The maximum Gasteiger partial charge on any atom is 0.319 e. The van der Waals surface area contributed by atoms with Crippen LogP contribution >= 0.6 is 0 Å². The highest BCUT2D eigenvalue weighted by Gasteiger charge is 2.16. The zero-order chi connectivity index (χ0) is 13.5. The number of imidazole rings is 1.